The Balaban J connectivity index is 0.000000131. The van der Waals surface area contributed by atoms with Gasteiger partial charge in [0.2, 0.25) is 0 Å². The molecule has 0 aliphatic carbocycles. The van der Waals surface area contributed by atoms with Gasteiger partial charge in [0.15, 0.2) is 17.2 Å². The van der Waals surface area contributed by atoms with Crippen molar-refractivity contribution in [3.8, 4) is 100 Å². The number of fused-ring (bicyclic) bond motifs is 3. The zero-order valence-electron chi connectivity index (χ0n) is 52.3. The number of hydrogen-bond donors (Lipinski definition) is 7. The SMILES string of the molecule is CCCn1cnc(/C=C/c2ccc(Oc3c(-c4ccc(O)cc4)sc4cc(O)ccc34)cc2)c1.Cn1cnc(/C=C/c2ccc(Oc3c(-c4ccc(O)cc4)sc4cc(O)ccc34)cc2)c1.Oc1ccc(-c2sc3cc(O)ccc3c2Oc2ccc(/C=C/c3cnc[nH]3)cc2)cc1. The lowest BCUT2D eigenvalue weighted by molar-refractivity contribution is 0.474. The summed E-state index contributed by atoms with van der Waals surface area (Å²) in [6, 6.07) is 60.5. The lowest BCUT2D eigenvalue weighted by Crippen LogP contribution is -1.90. The molecule has 18 heteroatoms. The molecule has 15 rings (SSSR count). The minimum atomic E-state index is 0.212. The summed E-state index contributed by atoms with van der Waals surface area (Å²) >= 11 is 4.62. The number of phenolic OH excluding ortho intramolecular Hbond substituents is 6. The Morgan fingerprint density at radius 3 is 1.12 bits per heavy atom. The molecule has 0 aliphatic rings. The Morgan fingerprint density at radius 2 is 0.773 bits per heavy atom. The second-order valence-electron chi connectivity index (χ2n) is 22.5. The number of rotatable bonds is 17. The number of aromatic amines is 1. The van der Waals surface area contributed by atoms with E-state index < -0.39 is 0 Å². The fraction of sp³-hybridized carbons (Fsp3) is 0.0506. The predicted molar refractivity (Wildman–Crippen MR) is 392 cm³/mol. The van der Waals surface area contributed by atoms with E-state index in [2.05, 4.69) is 31.4 Å². The molecule has 0 amide bonds. The number of thiophene rings is 3. The largest absolute Gasteiger partial charge is 0.508 e. The van der Waals surface area contributed by atoms with Gasteiger partial charge in [0.05, 0.1) is 56.9 Å². The number of phenols is 6. The maximum absolute atomic E-state index is 9.94. The first kappa shape index (κ1) is 63.7. The van der Waals surface area contributed by atoms with Crippen LogP contribution in [-0.4, -0.2) is 59.7 Å². The lowest BCUT2D eigenvalue weighted by Gasteiger charge is -2.09. The van der Waals surface area contributed by atoms with Crippen molar-refractivity contribution in [2.24, 2.45) is 7.05 Å². The number of imidazole rings is 3. The number of nitrogens with zero attached hydrogens (tertiary/aromatic N) is 5. The third kappa shape index (κ3) is 15.6. The van der Waals surface area contributed by atoms with Gasteiger partial charge in [-0.3, -0.25) is 0 Å². The minimum absolute atomic E-state index is 0.212. The van der Waals surface area contributed by atoms with E-state index in [1.807, 2.05) is 194 Å². The molecule has 7 N–H and O–H groups in total. The molecule has 9 aromatic carbocycles. The molecule has 6 aromatic heterocycles. The molecular weight excluding hydrogens is 1270 g/mol. The van der Waals surface area contributed by atoms with E-state index in [0.29, 0.717) is 11.5 Å². The van der Waals surface area contributed by atoms with E-state index >= 15 is 0 Å². The number of aromatic nitrogens is 6. The quantitative estimate of drug-likeness (QED) is 0.0454. The van der Waals surface area contributed by atoms with Crippen LogP contribution in [0.4, 0.5) is 0 Å². The maximum atomic E-state index is 9.94. The van der Waals surface area contributed by atoms with E-state index in [1.54, 1.807) is 114 Å². The average molecular weight is 1340 g/mol. The molecule has 6 heterocycles. The van der Waals surface area contributed by atoms with Crippen molar-refractivity contribution >= 4 is 101 Å². The number of H-pyrrole nitrogens is 1. The van der Waals surface area contributed by atoms with Gasteiger partial charge in [-0.25, -0.2) is 15.0 Å². The van der Waals surface area contributed by atoms with Crippen LogP contribution in [0.15, 0.2) is 238 Å². The van der Waals surface area contributed by atoms with Crippen molar-refractivity contribution in [1.82, 2.24) is 29.1 Å². The highest BCUT2D eigenvalue weighted by molar-refractivity contribution is 7.23. The van der Waals surface area contributed by atoms with Crippen LogP contribution in [0.25, 0.3) is 98.0 Å². The molecule has 0 saturated heterocycles. The van der Waals surface area contributed by atoms with Gasteiger partial charge in [-0.2, -0.15) is 0 Å². The highest BCUT2D eigenvalue weighted by Crippen LogP contribution is 2.50. The van der Waals surface area contributed by atoms with Gasteiger partial charge >= 0.3 is 0 Å². The van der Waals surface area contributed by atoms with E-state index in [4.69, 9.17) is 14.2 Å². The molecule has 0 atom stereocenters. The number of aromatic hydroxyl groups is 6. The van der Waals surface area contributed by atoms with E-state index in [1.165, 1.54) is 11.3 Å². The Hall–Kier alpha value is -12.1. The number of nitrogens with one attached hydrogen (secondary N) is 1. The molecule has 0 saturated carbocycles. The summed E-state index contributed by atoms with van der Waals surface area (Å²) in [7, 11) is 1.94. The molecular formula is C79H62N6O9S3. The third-order valence-corrected chi connectivity index (χ3v) is 18.8. The van der Waals surface area contributed by atoms with Gasteiger partial charge in [0.25, 0.3) is 0 Å². The van der Waals surface area contributed by atoms with Crippen molar-refractivity contribution in [3.05, 3.63) is 272 Å². The minimum Gasteiger partial charge on any atom is -0.508 e. The molecule has 0 spiro atoms. The summed E-state index contributed by atoms with van der Waals surface area (Å²) < 4.78 is 25.8. The zero-order valence-corrected chi connectivity index (χ0v) is 54.7. The first-order chi connectivity index (χ1) is 47.3. The van der Waals surface area contributed by atoms with Crippen LogP contribution < -0.4 is 14.2 Å². The molecule has 97 heavy (non-hydrogen) atoms. The molecule has 0 unspecified atom stereocenters. The highest BCUT2D eigenvalue weighted by atomic mass is 32.1. The predicted octanol–water partition coefficient (Wildman–Crippen LogP) is 20.9. The summed E-state index contributed by atoms with van der Waals surface area (Å²) in [6.45, 7) is 3.12. The lowest BCUT2D eigenvalue weighted by atomic mass is 10.1. The number of hydrogen-bond acceptors (Lipinski definition) is 15. The summed E-state index contributed by atoms with van der Waals surface area (Å²) in [4.78, 5) is 18.6. The second kappa shape index (κ2) is 29.0. The molecule has 15 nitrogen and oxygen atoms in total. The first-order valence-electron chi connectivity index (χ1n) is 30.8. The fourth-order valence-electron chi connectivity index (χ4n) is 10.5. The van der Waals surface area contributed by atoms with E-state index in [0.717, 1.165) is 131 Å². The first-order valence-corrected chi connectivity index (χ1v) is 33.3. The van der Waals surface area contributed by atoms with Crippen molar-refractivity contribution in [2.75, 3.05) is 0 Å². The highest BCUT2D eigenvalue weighted by Gasteiger charge is 2.21. The van der Waals surface area contributed by atoms with Crippen LogP contribution in [0.1, 0.15) is 47.1 Å². The van der Waals surface area contributed by atoms with Crippen LogP contribution >= 0.6 is 34.0 Å². The van der Waals surface area contributed by atoms with Gasteiger partial charge in [-0.15, -0.1) is 34.0 Å². The summed E-state index contributed by atoms with van der Waals surface area (Å²) in [5.41, 5.74) is 8.72. The van der Waals surface area contributed by atoms with Crippen LogP contribution in [-0.2, 0) is 13.6 Å². The Bertz CT molecular complexity index is 5260. The number of benzene rings is 9. The maximum Gasteiger partial charge on any atom is 0.153 e. The molecule has 0 radical (unpaired) electrons. The second-order valence-corrected chi connectivity index (χ2v) is 25.6. The van der Waals surface area contributed by atoms with Crippen molar-refractivity contribution < 1.29 is 44.8 Å². The van der Waals surface area contributed by atoms with E-state index in [-0.39, 0.29) is 34.5 Å². The van der Waals surface area contributed by atoms with Gasteiger partial charge < -0.3 is 59.0 Å². The van der Waals surface area contributed by atoms with Crippen LogP contribution in [0.5, 0.6) is 69.0 Å². The monoisotopic (exact) mass is 1330 g/mol. The normalized spacial score (nSPS) is 11.4. The Labute approximate surface area is 569 Å². The Kier molecular flexibility index (Phi) is 19.1. The third-order valence-electron chi connectivity index (χ3n) is 15.3. The topological polar surface area (TPSA) is 213 Å². The molecule has 0 fully saturated rings. The van der Waals surface area contributed by atoms with E-state index in [9.17, 15) is 30.6 Å². The van der Waals surface area contributed by atoms with Gasteiger partial charge in [0.1, 0.15) is 51.7 Å². The Morgan fingerprint density at radius 1 is 0.412 bits per heavy atom. The standard InChI is InChI=1S/C28H24N2O3S.C26H20N2O3S.C25H18N2O3S/c1-2-15-30-17-21(29-18-30)8-3-19-4-12-24(13-5-19)33-27-25-14-11-23(32)16-26(25)34-28(27)20-6-9-22(31)10-7-20;1-28-15-19(27-16-28)7-2-17-3-11-22(12-4-17)31-25-23-13-10-21(30)14-24(23)32-26(25)18-5-8-20(29)9-6-18;28-19-7-4-17(5-8-19)25-24(22-12-9-20(29)13-23(22)31-25)30-21-10-2-16(3-11-21)1-6-18-14-26-15-27-18/h3-14,16-18,31-32H,2,15H2,1H3;2-16,29-30H,1H3;1-15,28-29H,(H,26,27)/b8-3+;7-2+;6-1+. The van der Waals surface area contributed by atoms with Crippen LogP contribution in [0.2, 0.25) is 0 Å². The van der Waals surface area contributed by atoms with Crippen molar-refractivity contribution in [1.29, 1.82) is 0 Å². The van der Waals surface area contributed by atoms with Crippen molar-refractivity contribution in [2.45, 2.75) is 19.9 Å². The molecule has 480 valence electrons. The molecule has 15 aromatic rings. The van der Waals surface area contributed by atoms with Gasteiger partial charge in [0, 0.05) is 56.2 Å². The summed E-state index contributed by atoms with van der Waals surface area (Å²) in [5.74, 6) is 5.62. The van der Waals surface area contributed by atoms with Crippen molar-refractivity contribution in [3.63, 3.8) is 0 Å². The van der Waals surface area contributed by atoms with Gasteiger partial charge in [-0.1, -0.05) is 61.5 Å². The van der Waals surface area contributed by atoms with Crippen LogP contribution in [0, 0.1) is 0 Å². The zero-order chi connectivity index (χ0) is 66.8. The molecule has 0 bridgehead atoms. The number of aryl methyl sites for hydroxylation is 2. The van der Waals surface area contributed by atoms with Gasteiger partial charge in [-0.05, 0) is 222 Å². The average Bonchev–Trinajstić information content (AvgIpc) is 1.65. The summed E-state index contributed by atoms with van der Waals surface area (Å²) in [6.07, 6.45) is 24.1. The molecule has 0 aliphatic heterocycles. The fourth-order valence-corrected chi connectivity index (χ4v) is 14.0. The smallest absolute Gasteiger partial charge is 0.153 e. The number of ether oxygens (including phenoxy) is 3. The van der Waals surface area contributed by atoms with Crippen LogP contribution in [0.3, 0.4) is 0 Å². The summed E-state index contributed by atoms with van der Waals surface area (Å²) in [5, 5.41) is 61.5.